The van der Waals surface area contributed by atoms with E-state index in [-0.39, 0.29) is 23.7 Å². The minimum Gasteiger partial charge on any atom is -0.497 e. The zero-order valence-corrected chi connectivity index (χ0v) is 17.8. The number of halogens is 1. The molecule has 0 fully saturated rings. The molecule has 0 saturated heterocycles. The minimum absolute atomic E-state index is 0.223. The molecule has 4 aromatic rings. The predicted octanol–water partition coefficient (Wildman–Crippen LogP) is 4.20. The van der Waals surface area contributed by atoms with Crippen LogP contribution in [-0.2, 0) is 6.54 Å². The Bertz CT molecular complexity index is 1280. The van der Waals surface area contributed by atoms with Gasteiger partial charge in [-0.05, 0) is 66.2 Å². The van der Waals surface area contributed by atoms with E-state index >= 15 is 0 Å². The number of carbonyl (C=O) groups is 2. The maximum absolute atomic E-state index is 13.3. The first-order valence-corrected chi connectivity index (χ1v) is 10.2. The number of ether oxygens (including phenoxy) is 1. The van der Waals surface area contributed by atoms with Gasteiger partial charge in [-0.1, -0.05) is 18.2 Å². The SMILES string of the molecule is COc1ccc(-n2ccc(C(=O)NCc3cccc(NC(=O)c4cccc(F)c4)c3)n2)cc1. The number of aromatic nitrogens is 2. The van der Waals surface area contributed by atoms with Gasteiger partial charge >= 0.3 is 0 Å². The molecule has 1 aromatic heterocycles. The van der Waals surface area contributed by atoms with Crippen LogP contribution in [-0.4, -0.2) is 28.7 Å². The molecule has 0 aliphatic carbocycles. The van der Waals surface area contributed by atoms with Gasteiger partial charge in [-0.15, -0.1) is 0 Å². The van der Waals surface area contributed by atoms with E-state index in [0.29, 0.717) is 5.69 Å². The second-order valence-electron chi connectivity index (χ2n) is 7.19. The molecule has 7 nitrogen and oxygen atoms in total. The molecule has 0 radical (unpaired) electrons. The highest BCUT2D eigenvalue weighted by atomic mass is 19.1. The van der Waals surface area contributed by atoms with Crippen molar-refractivity contribution in [2.24, 2.45) is 0 Å². The average Bonchev–Trinajstić information content (AvgIpc) is 3.33. The lowest BCUT2D eigenvalue weighted by molar-refractivity contribution is 0.0944. The largest absolute Gasteiger partial charge is 0.497 e. The second-order valence-corrected chi connectivity index (χ2v) is 7.19. The van der Waals surface area contributed by atoms with Gasteiger partial charge in [-0.25, -0.2) is 9.07 Å². The zero-order valence-electron chi connectivity index (χ0n) is 17.8. The van der Waals surface area contributed by atoms with Crippen molar-refractivity contribution in [2.45, 2.75) is 6.54 Å². The summed E-state index contributed by atoms with van der Waals surface area (Å²) in [6.45, 7) is 0.248. The number of nitrogens with one attached hydrogen (secondary N) is 2. The zero-order chi connectivity index (χ0) is 23.2. The second kappa shape index (κ2) is 9.78. The van der Waals surface area contributed by atoms with Crippen LogP contribution >= 0.6 is 0 Å². The van der Waals surface area contributed by atoms with E-state index < -0.39 is 11.7 Å². The lowest BCUT2D eigenvalue weighted by atomic mass is 10.1. The number of hydrogen-bond acceptors (Lipinski definition) is 4. The summed E-state index contributed by atoms with van der Waals surface area (Å²) in [6.07, 6.45) is 1.71. The van der Waals surface area contributed by atoms with Gasteiger partial charge in [0.1, 0.15) is 11.6 Å². The number of benzene rings is 3. The van der Waals surface area contributed by atoms with Crippen LogP contribution in [0.15, 0.2) is 85.1 Å². The molecule has 4 rings (SSSR count). The van der Waals surface area contributed by atoms with Crippen LogP contribution in [0.3, 0.4) is 0 Å². The van der Waals surface area contributed by atoms with Crippen molar-refractivity contribution in [3.05, 3.63) is 108 Å². The number of rotatable bonds is 7. The number of nitrogens with zero attached hydrogens (tertiary/aromatic N) is 2. The summed E-state index contributed by atoms with van der Waals surface area (Å²) in [6, 6.07) is 21.5. The Balaban J connectivity index is 1.37. The smallest absolute Gasteiger partial charge is 0.272 e. The van der Waals surface area contributed by atoms with Crippen molar-refractivity contribution in [1.82, 2.24) is 15.1 Å². The fourth-order valence-corrected chi connectivity index (χ4v) is 3.19. The number of anilines is 1. The maximum Gasteiger partial charge on any atom is 0.272 e. The Morgan fingerprint density at radius 1 is 0.970 bits per heavy atom. The summed E-state index contributed by atoms with van der Waals surface area (Å²) < 4.78 is 20.1. The average molecular weight is 444 g/mol. The summed E-state index contributed by atoms with van der Waals surface area (Å²) in [5.74, 6) is -0.483. The molecular weight excluding hydrogens is 423 g/mol. The number of carbonyl (C=O) groups excluding carboxylic acids is 2. The third-order valence-electron chi connectivity index (χ3n) is 4.88. The summed E-state index contributed by atoms with van der Waals surface area (Å²) in [5.41, 5.74) is 2.63. The van der Waals surface area contributed by atoms with E-state index in [9.17, 15) is 14.0 Å². The molecule has 0 atom stereocenters. The molecule has 33 heavy (non-hydrogen) atoms. The fraction of sp³-hybridized carbons (Fsp3) is 0.0800. The van der Waals surface area contributed by atoms with E-state index in [0.717, 1.165) is 17.0 Å². The van der Waals surface area contributed by atoms with Crippen molar-refractivity contribution in [3.63, 3.8) is 0 Å². The normalized spacial score (nSPS) is 10.5. The topological polar surface area (TPSA) is 85.2 Å². The van der Waals surface area contributed by atoms with E-state index in [1.165, 1.54) is 24.3 Å². The third kappa shape index (κ3) is 5.43. The third-order valence-corrected chi connectivity index (χ3v) is 4.88. The van der Waals surface area contributed by atoms with Crippen molar-refractivity contribution in [3.8, 4) is 11.4 Å². The van der Waals surface area contributed by atoms with Crippen LogP contribution in [0.4, 0.5) is 10.1 Å². The van der Waals surface area contributed by atoms with Gasteiger partial charge in [0.25, 0.3) is 11.8 Å². The van der Waals surface area contributed by atoms with Gasteiger partial charge in [-0.3, -0.25) is 9.59 Å². The molecule has 8 heteroatoms. The number of methoxy groups -OCH3 is 1. The Hall–Kier alpha value is -4.46. The minimum atomic E-state index is -0.478. The highest BCUT2D eigenvalue weighted by Crippen LogP contribution is 2.15. The molecule has 0 saturated carbocycles. The van der Waals surface area contributed by atoms with Gasteiger partial charge < -0.3 is 15.4 Å². The summed E-state index contributed by atoms with van der Waals surface area (Å²) in [5, 5.41) is 9.87. The molecule has 0 unspecified atom stereocenters. The van der Waals surface area contributed by atoms with Crippen LogP contribution in [0.5, 0.6) is 5.75 Å². The van der Waals surface area contributed by atoms with Gasteiger partial charge in [0.05, 0.1) is 12.8 Å². The van der Waals surface area contributed by atoms with Crippen molar-refractivity contribution >= 4 is 17.5 Å². The summed E-state index contributed by atoms with van der Waals surface area (Å²) >= 11 is 0. The predicted molar refractivity (Wildman–Crippen MR) is 122 cm³/mol. The van der Waals surface area contributed by atoms with Crippen LogP contribution in [0.25, 0.3) is 5.69 Å². The molecule has 2 amide bonds. The molecule has 0 aliphatic rings. The van der Waals surface area contributed by atoms with Crippen LogP contribution in [0, 0.1) is 5.82 Å². The molecule has 0 spiro atoms. The molecule has 166 valence electrons. The Morgan fingerprint density at radius 2 is 1.76 bits per heavy atom. The van der Waals surface area contributed by atoms with Crippen LogP contribution in [0.1, 0.15) is 26.4 Å². The first kappa shape index (κ1) is 21.8. The van der Waals surface area contributed by atoms with Gasteiger partial charge in [0.2, 0.25) is 0 Å². The molecule has 0 aliphatic heterocycles. The molecule has 3 aromatic carbocycles. The maximum atomic E-state index is 13.3. The highest BCUT2D eigenvalue weighted by molar-refractivity contribution is 6.04. The van der Waals surface area contributed by atoms with Gasteiger partial charge in [-0.2, -0.15) is 5.10 Å². The van der Waals surface area contributed by atoms with E-state index in [1.807, 2.05) is 30.3 Å². The van der Waals surface area contributed by atoms with E-state index in [4.69, 9.17) is 4.74 Å². The standard InChI is InChI=1S/C25H21FN4O3/c1-33-22-10-8-21(9-11-22)30-13-12-23(29-30)25(32)27-16-17-4-2-7-20(14-17)28-24(31)18-5-3-6-19(26)15-18/h2-15H,16H2,1H3,(H,27,32)(H,28,31). The molecule has 0 bridgehead atoms. The van der Waals surface area contributed by atoms with E-state index in [1.54, 1.807) is 42.3 Å². The Labute approximate surface area is 189 Å². The molecule has 2 N–H and O–H groups in total. The first-order valence-electron chi connectivity index (χ1n) is 10.2. The molecule has 1 heterocycles. The lowest BCUT2D eigenvalue weighted by Gasteiger charge is -2.08. The Kier molecular flexibility index (Phi) is 6.45. The summed E-state index contributed by atoms with van der Waals surface area (Å²) in [4.78, 5) is 24.8. The van der Waals surface area contributed by atoms with Crippen molar-refractivity contribution in [1.29, 1.82) is 0 Å². The lowest BCUT2D eigenvalue weighted by Crippen LogP contribution is -2.23. The van der Waals surface area contributed by atoms with Gasteiger partial charge in [0, 0.05) is 24.0 Å². The monoisotopic (exact) mass is 444 g/mol. The first-order chi connectivity index (χ1) is 16.0. The molecular formula is C25H21FN4O3. The highest BCUT2D eigenvalue weighted by Gasteiger charge is 2.11. The summed E-state index contributed by atoms with van der Waals surface area (Å²) in [7, 11) is 1.60. The number of amides is 2. The van der Waals surface area contributed by atoms with Crippen molar-refractivity contribution in [2.75, 3.05) is 12.4 Å². The Morgan fingerprint density at radius 3 is 2.52 bits per heavy atom. The van der Waals surface area contributed by atoms with E-state index in [2.05, 4.69) is 15.7 Å². The van der Waals surface area contributed by atoms with Crippen LogP contribution < -0.4 is 15.4 Å². The fourth-order valence-electron chi connectivity index (χ4n) is 3.19. The quantitative estimate of drug-likeness (QED) is 0.447. The van der Waals surface area contributed by atoms with Crippen LogP contribution in [0.2, 0.25) is 0 Å². The van der Waals surface area contributed by atoms with Crippen molar-refractivity contribution < 1.29 is 18.7 Å². The number of hydrogen-bond donors (Lipinski definition) is 2. The van der Waals surface area contributed by atoms with Gasteiger partial charge in [0.15, 0.2) is 5.69 Å².